The Morgan fingerprint density at radius 3 is 1.49 bits per heavy atom. The molecule has 4 aromatic heterocycles. The second-order valence-electron chi connectivity index (χ2n) is 21.4. The third-order valence-corrected chi connectivity index (χ3v) is 17.6. The summed E-state index contributed by atoms with van der Waals surface area (Å²) in [5.74, 6) is 2.05. The van der Waals surface area contributed by atoms with Crippen molar-refractivity contribution in [1.29, 1.82) is 0 Å². The Labute approximate surface area is 560 Å². The number of benzene rings is 5. The van der Waals surface area contributed by atoms with Crippen LogP contribution >= 0.6 is 41.5 Å². The van der Waals surface area contributed by atoms with Crippen molar-refractivity contribution in [2.75, 3.05) is 35.1 Å². The van der Waals surface area contributed by atoms with Gasteiger partial charge in [0.2, 0.25) is 0 Å². The lowest BCUT2D eigenvalue weighted by Crippen LogP contribution is -2.36. The number of ether oxygens (including phenoxy) is 2. The summed E-state index contributed by atoms with van der Waals surface area (Å²) in [6.45, 7) is 0. The molecule has 91 heavy (non-hydrogen) atoms. The highest BCUT2D eigenvalue weighted by Gasteiger charge is 2.21. The molecule has 10 N–H and O–H groups in total. The Balaban J connectivity index is 0.000000196. The minimum absolute atomic E-state index is 0. The number of fused-ring (bicyclic) bond motifs is 2. The standard InChI is InChI=1S/C27H27N5O2.C14H10ClN3O.C13H18N2O.C7H7NO2.C6H13N.CH2IPS.CH4/c1-34-20-13-14-24-22(16-20)26(32-25(30-24)18-8-7-15-28-17-18)31-23-12-6-5-11-21(23)27(33)29-19-9-3-2-4-10-19;1-19-10-4-5-12-11(7-10)13(15)18-14(17-12)9-3-2-6-16-8-9;14-12-9-5-4-8-11(12)13(16)15-10-6-2-1-3-7-10;8-6-4-2-1-3-5(6)7(9)10;7-6-4-2-1-3-5-6;2-1-3-4;/h5-8,11-17,19H,2-4,9-10H2,1H3,(H,29,33)(H,30,31,32);2-8H,1H3;4-5,8-10H,1-3,6-7,14H2,(H,15,16);1-4H,8H2,(H,9,10);6H,1-5,7H2;1H2;1H4/i;;;;;1D;. The number of aromatic nitrogens is 6. The first-order chi connectivity index (χ1) is 44.1. The summed E-state index contributed by atoms with van der Waals surface area (Å²) in [5, 5.41) is 20.1. The van der Waals surface area contributed by atoms with Gasteiger partial charge in [0, 0.05) is 77.6 Å². The predicted molar refractivity (Wildman–Crippen MR) is 382 cm³/mol. The fraction of sp³-hybridized carbons (Fsp3) is 0.319. The number of nitrogens with one attached hydrogen (secondary N) is 3. The van der Waals surface area contributed by atoms with Crippen LogP contribution < -0.4 is 42.6 Å². The van der Waals surface area contributed by atoms with Crippen molar-refractivity contribution in [2.45, 2.75) is 122 Å². The summed E-state index contributed by atoms with van der Waals surface area (Å²) in [6, 6.07) is 40.9. The molecule has 2 amide bonds. The van der Waals surface area contributed by atoms with Gasteiger partial charge in [-0.15, -0.1) is 0 Å². The number of carboxylic acids is 1. The van der Waals surface area contributed by atoms with E-state index in [1.54, 1.807) is 69.3 Å². The maximum Gasteiger partial charge on any atom is 0.337 e. The number of pyridine rings is 2. The zero-order valence-electron chi connectivity index (χ0n) is 51.4. The van der Waals surface area contributed by atoms with Gasteiger partial charge in [-0.05, 0) is 143 Å². The Hall–Kier alpha value is -8.01. The lowest BCUT2D eigenvalue weighted by Gasteiger charge is -2.23. The summed E-state index contributed by atoms with van der Waals surface area (Å²) >= 11 is 12.6. The van der Waals surface area contributed by atoms with E-state index in [1.807, 2.05) is 120 Å². The molecule has 4 heterocycles. The Morgan fingerprint density at radius 2 is 1.05 bits per heavy atom. The van der Waals surface area contributed by atoms with E-state index in [9.17, 15) is 14.4 Å². The molecule has 478 valence electrons. The third-order valence-electron chi connectivity index (χ3n) is 15.0. The van der Waals surface area contributed by atoms with Crippen LogP contribution in [-0.2, 0) is 11.8 Å². The molecule has 0 spiro atoms. The molecule has 3 fully saturated rings. The van der Waals surface area contributed by atoms with Gasteiger partial charge in [-0.2, -0.15) is 0 Å². The molecule has 3 saturated carbocycles. The fourth-order valence-corrected chi connectivity index (χ4v) is 10.5. The van der Waals surface area contributed by atoms with Crippen LogP contribution in [0.15, 0.2) is 158 Å². The molecule has 1 unspecified atom stereocenters. The van der Waals surface area contributed by atoms with E-state index in [-0.39, 0.29) is 35.0 Å². The van der Waals surface area contributed by atoms with Crippen LogP contribution in [0.2, 0.25) is 5.15 Å². The smallest absolute Gasteiger partial charge is 0.337 e. The number of hydrogen-bond acceptors (Lipinski definition) is 16. The van der Waals surface area contributed by atoms with Crippen molar-refractivity contribution in [1.82, 2.24) is 40.5 Å². The molecule has 5 aromatic carbocycles. The van der Waals surface area contributed by atoms with E-state index >= 15 is 0 Å². The first-order valence-corrected chi connectivity index (χ1v) is 33.5. The molecule has 12 rings (SSSR count). The highest BCUT2D eigenvalue weighted by Crippen LogP contribution is 2.32. The van der Waals surface area contributed by atoms with Crippen LogP contribution in [-0.4, -0.2) is 89.3 Å². The molecule has 3 aliphatic carbocycles. The molecular formula is C69H81ClIN12O6PS. The number of aromatic carboxylic acids is 1. The number of carbonyl (C=O) groups is 3. The summed E-state index contributed by atoms with van der Waals surface area (Å²) in [4.78, 5) is 62.0. The highest BCUT2D eigenvalue weighted by molar-refractivity contribution is 14.1. The predicted octanol–water partition coefficient (Wildman–Crippen LogP) is 15.9. The van der Waals surface area contributed by atoms with Gasteiger partial charge < -0.3 is 47.7 Å². The number of nitrogens with zero attached hydrogens (tertiary/aromatic N) is 6. The second-order valence-corrected chi connectivity index (χ2v) is 24.4. The Kier molecular flexibility index (Phi) is 29.9. The van der Waals surface area contributed by atoms with Crippen molar-refractivity contribution >= 4 is 116 Å². The van der Waals surface area contributed by atoms with E-state index in [1.165, 1.54) is 63.9 Å². The van der Waals surface area contributed by atoms with Crippen molar-refractivity contribution < 1.29 is 30.3 Å². The number of anilines is 4. The van der Waals surface area contributed by atoms with Gasteiger partial charge in [0.25, 0.3) is 11.8 Å². The van der Waals surface area contributed by atoms with E-state index in [0.717, 1.165) is 84.6 Å². The average Bonchev–Trinajstić information content (AvgIpc) is 0.961. The Morgan fingerprint density at radius 1 is 0.615 bits per heavy atom. The molecule has 9 aromatic rings. The number of carbonyl (C=O) groups excluding carboxylic acids is 2. The van der Waals surface area contributed by atoms with Crippen molar-refractivity contribution in [3.05, 3.63) is 180 Å². The first kappa shape index (κ1) is 70.4. The quantitative estimate of drug-likeness (QED) is 0.0197. The first-order valence-electron chi connectivity index (χ1n) is 30.4. The van der Waals surface area contributed by atoms with E-state index in [2.05, 4.69) is 47.7 Å². The van der Waals surface area contributed by atoms with Crippen molar-refractivity contribution in [3.8, 4) is 34.3 Å². The van der Waals surface area contributed by atoms with Gasteiger partial charge in [0.1, 0.15) is 22.5 Å². The Bertz CT molecular complexity index is 3800. The van der Waals surface area contributed by atoms with Crippen molar-refractivity contribution in [2.24, 2.45) is 5.73 Å². The largest absolute Gasteiger partial charge is 0.497 e. The van der Waals surface area contributed by atoms with Gasteiger partial charge in [0.15, 0.2) is 11.6 Å². The number of halogens is 2. The summed E-state index contributed by atoms with van der Waals surface area (Å²) in [7, 11) is 3.97. The van der Waals surface area contributed by atoms with Gasteiger partial charge in [0.05, 0.1) is 51.8 Å². The minimum atomic E-state index is -0.988. The molecule has 1 atom stereocenters. The van der Waals surface area contributed by atoms with E-state index < -0.39 is 5.97 Å². The number of rotatable bonds is 12. The van der Waals surface area contributed by atoms with Gasteiger partial charge >= 0.3 is 5.97 Å². The van der Waals surface area contributed by atoms with Crippen LogP contribution in [0, 0.1) is 0 Å². The van der Waals surface area contributed by atoms with Gasteiger partial charge in [-0.3, -0.25) is 19.6 Å². The van der Waals surface area contributed by atoms with Gasteiger partial charge in [-0.1, -0.05) is 148 Å². The maximum absolute atomic E-state index is 13.2. The number of nitrogens with two attached hydrogens (primary N) is 3. The molecule has 0 aliphatic heterocycles. The number of methoxy groups -OCH3 is 2. The highest BCUT2D eigenvalue weighted by atomic mass is 127. The summed E-state index contributed by atoms with van der Waals surface area (Å²) in [6.07, 6.45) is 25.1. The number of para-hydroxylation sites is 3. The summed E-state index contributed by atoms with van der Waals surface area (Å²) < 4.78 is 17.2. The fourth-order valence-electron chi connectivity index (χ4n) is 10.2. The van der Waals surface area contributed by atoms with Gasteiger partial charge in [-0.25, -0.2) is 24.7 Å². The minimum Gasteiger partial charge on any atom is -0.497 e. The normalized spacial score (nSPS) is 14.3. The van der Waals surface area contributed by atoms with Crippen LogP contribution in [0.3, 0.4) is 0 Å². The number of hydrogen-bond donors (Lipinski definition) is 7. The summed E-state index contributed by atoms with van der Waals surface area (Å²) in [5.41, 5.74) is 22.8. The third kappa shape index (κ3) is 22.7. The number of carboxylic acid groups (broad SMARTS) is 1. The molecule has 0 saturated heterocycles. The number of alkyl halides is 1. The van der Waals surface area contributed by atoms with Crippen LogP contribution in [0.25, 0.3) is 44.6 Å². The zero-order valence-corrected chi connectivity index (χ0v) is 55.1. The van der Waals surface area contributed by atoms with E-state index in [0.29, 0.717) is 68.6 Å². The molecule has 0 bridgehead atoms. The molecule has 22 heteroatoms. The van der Waals surface area contributed by atoms with Crippen LogP contribution in [0.4, 0.5) is 22.9 Å². The lowest BCUT2D eigenvalue weighted by atomic mass is 9.95. The monoisotopic (exact) mass is 1400 g/mol. The SMILES string of the molecule is C.COc1ccc2nc(-c3cccnc3)nc(Cl)c2c1.COc1ccc2nc(-c3cccnc3)nc(Nc3ccccc3C(=O)NC3CCCCC3)c2c1.NC1CCCCC1.Nc1ccccc1C(=O)NC1CCCCC1.Nc1ccccc1C(=O)O.[2H]C(I)P=S. The maximum atomic E-state index is 13.2. The molecular weight excluding hydrogens is 1320 g/mol. The van der Waals surface area contributed by atoms with Crippen LogP contribution in [0.5, 0.6) is 11.5 Å². The van der Waals surface area contributed by atoms with Crippen LogP contribution in [0.1, 0.15) is 136 Å². The molecule has 0 radical (unpaired) electrons. The average molecular weight is 1400 g/mol. The topological polar surface area (TPSA) is 281 Å². The number of nitrogen functional groups attached to an aromatic ring is 2. The lowest BCUT2D eigenvalue weighted by molar-refractivity contribution is 0.0697. The van der Waals surface area contributed by atoms with E-state index in [4.69, 9.17) is 54.7 Å². The zero-order chi connectivity index (χ0) is 64.9. The number of amides is 2. The second kappa shape index (κ2) is 38.6. The van der Waals surface area contributed by atoms with Crippen molar-refractivity contribution in [3.63, 3.8) is 0 Å². The molecule has 3 aliphatic rings. The molecule has 18 nitrogen and oxygen atoms in total.